The number of piperazine rings is 1. The van der Waals surface area contributed by atoms with Gasteiger partial charge < -0.3 is 25.2 Å². The van der Waals surface area contributed by atoms with Crippen LogP contribution < -0.4 is 15.5 Å². The van der Waals surface area contributed by atoms with Crippen LogP contribution in [0.2, 0.25) is 0 Å². The Balaban J connectivity index is 1.72. The van der Waals surface area contributed by atoms with E-state index in [1.54, 1.807) is 41.1 Å². The Hall–Kier alpha value is -3.22. The Kier molecular flexibility index (Phi) is 6.20. The molecule has 2 aromatic rings. The van der Waals surface area contributed by atoms with E-state index in [4.69, 9.17) is 10.5 Å². The Morgan fingerprint density at radius 1 is 0.967 bits per heavy atom. The van der Waals surface area contributed by atoms with Crippen molar-refractivity contribution >= 4 is 29.1 Å². The molecule has 30 heavy (non-hydrogen) atoms. The number of hydrogen-bond donors (Lipinski definition) is 1. The zero-order chi connectivity index (χ0) is 21.9. The smallest absolute Gasteiger partial charge is 0.410 e. The molecule has 1 aliphatic heterocycles. The summed E-state index contributed by atoms with van der Waals surface area (Å²) in [6, 6.07) is 14.7. The number of carbonyl (C=O) groups excluding carboxylic acids is 2. The van der Waals surface area contributed by atoms with Crippen LogP contribution in [0.1, 0.15) is 31.1 Å². The number of nitrogens with two attached hydrogens (primary N) is 1. The predicted molar refractivity (Wildman–Crippen MR) is 120 cm³/mol. The fourth-order valence-corrected chi connectivity index (χ4v) is 3.40. The zero-order valence-corrected chi connectivity index (χ0v) is 18.1. The molecule has 0 aliphatic carbocycles. The number of nitrogen functional groups attached to an aromatic ring is 1. The third kappa shape index (κ3) is 5.03. The summed E-state index contributed by atoms with van der Waals surface area (Å²) < 4.78 is 5.48. The van der Waals surface area contributed by atoms with E-state index in [0.29, 0.717) is 37.4 Å². The minimum Gasteiger partial charge on any atom is -0.444 e. The average Bonchev–Trinajstić information content (AvgIpc) is 2.72. The Morgan fingerprint density at radius 3 is 2.17 bits per heavy atom. The molecule has 1 aliphatic rings. The molecule has 7 heteroatoms. The van der Waals surface area contributed by atoms with Crippen molar-refractivity contribution in [2.24, 2.45) is 0 Å². The molecule has 0 saturated carbocycles. The van der Waals surface area contributed by atoms with Crippen LogP contribution in [-0.2, 0) is 4.74 Å². The second kappa shape index (κ2) is 8.65. The van der Waals surface area contributed by atoms with E-state index in [1.807, 2.05) is 45.0 Å². The summed E-state index contributed by atoms with van der Waals surface area (Å²) in [5, 5.41) is 0. The van der Waals surface area contributed by atoms with Gasteiger partial charge in [-0.3, -0.25) is 4.79 Å². The van der Waals surface area contributed by atoms with Gasteiger partial charge in [0.15, 0.2) is 0 Å². The number of para-hydroxylation sites is 2. The second-order valence-corrected chi connectivity index (χ2v) is 8.43. The molecule has 7 nitrogen and oxygen atoms in total. The van der Waals surface area contributed by atoms with Crippen molar-refractivity contribution in [2.75, 3.05) is 48.8 Å². The highest BCUT2D eigenvalue weighted by Gasteiger charge is 2.27. The minimum atomic E-state index is -0.508. The number of hydrogen-bond acceptors (Lipinski definition) is 5. The molecule has 0 atom stereocenters. The summed E-state index contributed by atoms with van der Waals surface area (Å²) in [7, 11) is 1.77. The minimum absolute atomic E-state index is 0.102. The van der Waals surface area contributed by atoms with Gasteiger partial charge in [-0.1, -0.05) is 12.1 Å². The first-order valence-electron chi connectivity index (χ1n) is 10.1. The van der Waals surface area contributed by atoms with Gasteiger partial charge in [-0.2, -0.15) is 0 Å². The molecule has 2 amide bonds. The van der Waals surface area contributed by atoms with Crippen molar-refractivity contribution in [3.63, 3.8) is 0 Å². The highest BCUT2D eigenvalue weighted by Crippen LogP contribution is 2.30. The van der Waals surface area contributed by atoms with Crippen LogP contribution in [0.4, 0.5) is 21.9 Å². The fourth-order valence-electron chi connectivity index (χ4n) is 3.40. The Morgan fingerprint density at radius 2 is 1.57 bits per heavy atom. The first-order chi connectivity index (χ1) is 14.2. The van der Waals surface area contributed by atoms with E-state index in [0.717, 1.165) is 11.4 Å². The van der Waals surface area contributed by atoms with Gasteiger partial charge in [-0.25, -0.2) is 4.79 Å². The standard InChI is InChI=1S/C23H30N4O3/c1-23(2,3)30-22(29)27-15-13-26(14-16-27)20-8-6-5-7-19(20)25(4)21(28)17-9-11-18(24)12-10-17/h5-12H,13-16,24H2,1-4H3. The quantitative estimate of drug-likeness (QED) is 0.782. The predicted octanol–water partition coefficient (Wildman–Crippen LogP) is 3.60. The normalized spacial score (nSPS) is 14.4. The van der Waals surface area contributed by atoms with Gasteiger partial charge in [0.1, 0.15) is 5.60 Å². The SMILES string of the molecule is CN(C(=O)c1ccc(N)cc1)c1ccccc1N1CCN(C(=O)OC(C)(C)C)CC1. The molecular weight excluding hydrogens is 380 g/mol. The van der Waals surface area contributed by atoms with Crippen LogP contribution in [0.5, 0.6) is 0 Å². The van der Waals surface area contributed by atoms with E-state index in [-0.39, 0.29) is 12.0 Å². The maximum Gasteiger partial charge on any atom is 0.410 e. The summed E-state index contributed by atoms with van der Waals surface area (Å²) in [6.45, 7) is 8.07. The molecule has 0 aromatic heterocycles. The average molecular weight is 411 g/mol. The molecule has 1 saturated heterocycles. The molecule has 2 aromatic carbocycles. The molecule has 0 unspecified atom stereocenters. The summed E-state index contributed by atoms with van der Waals surface area (Å²) >= 11 is 0. The van der Waals surface area contributed by atoms with Crippen LogP contribution in [-0.4, -0.2) is 55.7 Å². The van der Waals surface area contributed by atoms with Crippen LogP contribution >= 0.6 is 0 Å². The molecule has 2 N–H and O–H groups in total. The molecule has 1 heterocycles. The fraction of sp³-hybridized carbons (Fsp3) is 0.391. The van der Waals surface area contributed by atoms with Gasteiger partial charge in [0.25, 0.3) is 5.91 Å². The number of benzene rings is 2. The lowest BCUT2D eigenvalue weighted by Crippen LogP contribution is -2.50. The largest absolute Gasteiger partial charge is 0.444 e. The highest BCUT2D eigenvalue weighted by atomic mass is 16.6. The molecule has 3 rings (SSSR count). The van der Waals surface area contributed by atoms with Gasteiger partial charge in [0, 0.05) is 44.5 Å². The van der Waals surface area contributed by atoms with Crippen LogP contribution in [0, 0.1) is 0 Å². The number of ether oxygens (including phenoxy) is 1. The lowest BCUT2D eigenvalue weighted by molar-refractivity contribution is 0.0240. The van der Waals surface area contributed by atoms with E-state index in [9.17, 15) is 9.59 Å². The van der Waals surface area contributed by atoms with Gasteiger partial charge >= 0.3 is 6.09 Å². The summed E-state index contributed by atoms with van der Waals surface area (Å²) in [4.78, 5) is 30.9. The van der Waals surface area contributed by atoms with E-state index >= 15 is 0 Å². The van der Waals surface area contributed by atoms with E-state index in [1.165, 1.54) is 0 Å². The number of nitrogens with zero attached hydrogens (tertiary/aromatic N) is 3. The third-order valence-corrected chi connectivity index (χ3v) is 4.98. The van der Waals surface area contributed by atoms with Crippen molar-refractivity contribution in [1.29, 1.82) is 0 Å². The van der Waals surface area contributed by atoms with Crippen molar-refractivity contribution in [3.8, 4) is 0 Å². The van der Waals surface area contributed by atoms with Crippen LogP contribution in [0.3, 0.4) is 0 Å². The molecule has 0 spiro atoms. The lowest BCUT2D eigenvalue weighted by Gasteiger charge is -2.38. The Labute approximate surface area is 178 Å². The second-order valence-electron chi connectivity index (χ2n) is 8.43. The van der Waals surface area contributed by atoms with Crippen molar-refractivity contribution in [1.82, 2.24) is 4.90 Å². The lowest BCUT2D eigenvalue weighted by atomic mass is 10.1. The Bertz CT molecular complexity index is 897. The van der Waals surface area contributed by atoms with Crippen LogP contribution in [0.25, 0.3) is 0 Å². The summed E-state index contributed by atoms with van der Waals surface area (Å²) in [5.41, 5.74) is 8.22. The van der Waals surface area contributed by atoms with Gasteiger partial charge in [-0.15, -0.1) is 0 Å². The van der Waals surface area contributed by atoms with Gasteiger partial charge in [-0.05, 0) is 57.2 Å². The molecule has 160 valence electrons. The third-order valence-electron chi connectivity index (χ3n) is 4.98. The van der Waals surface area contributed by atoms with Gasteiger partial charge in [0.05, 0.1) is 11.4 Å². The molecule has 0 radical (unpaired) electrons. The number of rotatable bonds is 3. The zero-order valence-electron chi connectivity index (χ0n) is 18.1. The first kappa shape index (κ1) is 21.5. The highest BCUT2D eigenvalue weighted by molar-refractivity contribution is 6.07. The van der Waals surface area contributed by atoms with Crippen molar-refractivity contribution in [2.45, 2.75) is 26.4 Å². The number of amides is 2. The monoisotopic (exact) mass is 410 g/mol. The molecule has 1 fully saturated rings. The van der Waals surface area contributed by atoms with E-state index < -0.39 is 5.60 Å². The topological polar surface area (TPSA) is 79.1 Å². The maximum atomic E-state index is 13.0. The van der Waals surface area contributed by atoms with Crippen LogP contribution in [0.15, 0.2) is 48.5 Å². The summed E-state index contributed by atoms with van der Waals surface area (Å²) in [6.07, 6.45) is -0.286. The maximum absolute atomic E-state index is 13.0. The van der Waals surface area contributed by atoms with Crippen molar-refractivity contribution in [3.05, 3.63) is 54.1 Å². The van der Waals surface area contributed by atoms with E-state index in [2.05, 4.69) is 4.90 Å². The van der Waals surface area contributed by atoms with Gasteiger partial charge in [0.2, 0.25) is 0 Å². The number of anilines is 3. The number of carbonyl (C=O) groups is 2. The molecule has 0 bridgehead atoms. The molecular formula is C23H30N4O3. The first-order valence-corrected chi connectivity index (χ1v) is 10.1. The van der Waals surface area contributed by atoms with Crippen molar-refractivity contribution < 1.29 is 14.3 Å². The summed E-state index contributed by atoms with van der Waals surface area (Å²) in [5.74, 6) is -0.102.